The second kappa shape index (κ2) is 7.80. The number of nitrogens with one attached hydrogen (secondary N) is 1. The number of nitrogen functional groups attached to an aromatic ring is 1. The van der Waals surface area contributed by atoms with Crippen LogP contribution < -0.4 is 15.8 Å². The summed E-state index contributed by atoms with van der Waals surface area (Å²) in [4.78, 5) is 19.0. The quantitative estimate of drug-likeness (QED) is 0.634. The first-order valence-electron chi connectivity index (χ1n) is 9.84. The Balaban J connectivity index is 1.63. The Bertz CT molecular complexity index is 1030. The van der Waals surface area contributed by atoms with Gasteiger partial charge in [0.05, 0.1) is 12.3 Å². The van der Waals surface area contributed by atoms with Crippen molar-refractivity contribution in [3.8, 4) is 5.75 Å². The van der Waals surface area contributed by atoms with Gasteiger partial charge in [-0.05, 0) is 55.9 Å². The maximum absolute atomic E-state index is 12.8. The molecule has 1 amide bonds. The predicted octanol–water partition coefficient (Wildman–Crippen LogP) is 5.04. The molecule has 5 nitrogen and oxygen atoms in total. The van der Waals surface area contributed by atoms with Gasteiger partial charge in [0.2, 0.25) is 0 Å². The fourth-order valence-corrected chi connectivity index (χ4v) is 4.79. The topological polar surface area (TPSA) is 77.2 Å². The average molecular weight is 396 g/mol. The molecule has 3 N–H and O–H groups in total. The van der Waals surface area contributed by atoms with E-state index in [0.29, 0.717) is 28.8 Å². The Labute approximate surface area is 168 Å². The Kier molecular flexibility index (Phi) is 5.22. The Hall–Kier alpha value is -2.60. The minimum Gasteiger partial charge on any atom is -0.494 e. The molecule has 0 radical (unpaired) electrons. The number of thiophene rings is 1. The number of nitrogens with two attached hydrogens (primary N) is 1. The summed E-state index contributed by atoms with van der Waals surface area (Å²) in [6.45, 7) is 4.75. The van der Waals surface area contributed by atoms with Gasteiger partial charge in [-0.1, -0.05) is 19.4 Å². The summed E-state index contributed by atoms with van der Waals surface area (Å²) in [5.74, 6) is 1.23. The van der Waals surface area contributed by atoms with Gasteiger partial charge in [0.25, 0.3) is 5.91 Å². The highest BCUT2D eigenvalue weighted by molar-refractivity contribution is 7.21. The van der Waals surface area contributed by atoms with Crippen molar-refractivity contribution in [2.24, 2.45) is 5.92 Å². The Morgan fingerprint density at radius 2 is 2.21 bits per heavy atom. The van der Waals surface area contributed by atoms with Crippen LogP contribution in [-0.4, -0.2) is 17.5 Å². The van der Waals surface area contributed by atoms with Crippen LogP contribution in [0.2, 0.25) is 0 Å². The molecule has 0 aliphatic heterocycles. The number of fused-ring (bicyclic) bond motifs is 2. The van der Waals surface area contributed by atoms with Gasteiger partial charge in [0, 0.05) is 22.8 Å². The molecule has 28 heavy (non-hydrogen) atoms. The predicted molar refractivity (Wildman–Crippen MR) is 115 cm³/mol. The molecular formula is C22H25N3O2S. The van der Waals surface area contributed by atoms with E-state index < -0.39 is 0 Å². The first-order chi connectivity index (χ1) is 13.6. The third-order valence-corrected chi connectivity index (χ3v) is 6.49. The number of amides is 1. The van der Waals surface area contributed by atoms with Crippen molar-refractivity contribution in [2.75, 3.05) is 17.7 Å². The van der Waals surface area contributed by atoms with Crippen molar-refractivity contribution in [1.29, 1.82) is 0 Å². The van der Waals surface area contributed by atoms with Crippen molar-refractivity contribution >= 4 is 38.8 Å². The molecule has 3 aromatic rings. The molecule has 0 fully saturated rings. The van der Waals surface area contributed by atoms with Gasteiger partial charge in [0.15, 0.2) is 0 Å². The summed E-state index contributed by atoms with van der Waals surface area (Å²) in [7, 11) is 0. The van der Waals surface area contributed by atoms with Crippen molar-refractivity contribution in [2.45, 2.75) is 39.5 Å². The van der Waals surface area contributed by atoms with E-state index in [1.807, 2.05) is 31.2 Å². The van der Waals surface area contributed by atoms with E-state index in [9.17, 15) is 4.79 Å². The molecule has 4 rings (SSSR count). The Morgan fingerprint density at radius 3 is 3.00 bits per heavy atom. The molecule has 1 aliphatic rings. The number of pyridine rings is 1. The number of hydrogen-bond acceptors (Lipinski definition) is 5. The second-order valence-corrected chi connectivity index (χ2v) is 8.22. The number of aryl methyl sites for hydroxylation is 1. The Morgan fingerprint density at radius 1 is 1.36 bits per heavy atom. The van der Waals surface area contributed by atoms with Crippen LogP contribution in [-0.2, 0) is 12.8 Å². The molecule has 2 heterocycles. The lowest BCUT2D eigenvalue weighted by molar-refractivity contribution is 0.103. The van der Waals surface area contributed by atoms with Crippen molar-refractivity contribution in [3.63, 3.8) is 0 Å². The van der Waals surface area contributed by atoms with E-state index in [4.69, 9.17) is 15.5 Å². The SMILES string of the molecule is CCOc1cccc(NC(=O)c2sc3nc4c(cc3c2N)CC(CC)CC4)c1. The maximum atomic E-state index is 12.8. The second-order valence-electron chi connectivity index (χ2n) is 7.22. The number of ether oxygens (including phenoxy) is 1. The summed E-state index contributed by atoms with van der Waals surface area (Å²) in [5.41, 5.74) is 10.0. The molecule has 0 saturated carbocycles. The zero-order valence-electron chi connectivity index (χ0n) is 16.2. The largest absolute Gasteiger partial charge is 0.494 e. The van der Waals surface area contributed by atoms with E-state index in [-0.39, 0.29) is 5.91 Å². The van der Waals surface area contributed by atoms with E-state index in [2.05, 4.69) is 18.3 Å². The molecule has 1 aliphatic carbocycles. The third kappa shape index (κ3) is 3.56. The fraction of sp³-hybridized carbons (Fsp3) is 0.364. The van der Waals surface area contributed by atoms with Gasteiger partial charge in [-0.25, -0.2) is 4.98 Å². The van der Waals surface area contributed by atoms with E-state index in [1.54, 1.807) is 0 Å². The molecule has 2 aromatic heterocycles. The highest BCUT2D eigenvalue weighted by atomic mass is 32.1. The van der Waals surface area contributed by atoms with Crippen LogP contribution >= 0.6 is 11.3 Å². The molecule has 6 heteroatoms. The number of hydrogen-bond donors (Lipinski definition) is 2. The number of benzene rings is 1. The molecule has 0 spiro atoms. The lowest BCUT2D eigenvalue weighted by atomic mass is 9.85. The molecule has 1 unspecified atom stereocenters. The summed E-state index contributed by atoms with van der Waals surface area (Å²) in [6, 6.07) is 9.52. The highest BCUT2D eigenvalue weighted by Gasteiger charge is 2.23. The summed E-state index contributed by atoms with van der Waals surface area (Å²) in [5, 5.41) is 3.83. The third-order valence-electron chi connectivity index (χ3n) is 5.37. The zero-order valence-corrected chi connectivity index (χ0v) is 17.1. The summed E-state index contributed by atoms with van der Waals surface area (Å²) < 4.78 is 5.50. The van der Waals surface area contributed by atoms with Crippen LogP contribution in [0.4, 0.5) is 11.4 Å². The van der Waals surface area contributed by atoms with Crippen LogP contribution in [0.15, 0.2) is 30.3 Å². The van der Waals surface area contributed by atoms with Crippen molar-refractivity contribution in [1.82, 2.24) is 4.98 Å². The van der Waals surface area contributed by atoms with Gasteiger partial charge in [0.1, 0.15) is 15.5 Å². The lowest BCUT2D eigenvalue weighted by Crippen LogP contribution is -2.14. The number of aromatic nitrogens is 1. The smallest absolute Gasteiger partial charge is 0.267 e. The molecule has 0 bridgehead atoms. The van der Waals surface area contributed by atoms with Gasteiger partial charge in [-0.15, -0.1) is 11.3 Å². The monoisotopic (exact) mass is 395 g/mol. The van der Waals surface area contributed by atoms with Gasteiger partial charge >= 0.3 is 0 Å². The highest BCUT2D eigenvalue weighted by Crippen LogP contribution is 2.37. The normalized spacial score (nSPS) is 16.0. The van der Waals surface area contributed by atoms with Crippen molar-refractivity contribution in [3.05, 3.63) is 46.5 Å². The van der Waals surface area contributed by atoms with Crippen LogP contribution in [0, 0.1) is 5.92 Å². The molecule has 146 valence electrons. The number of carbonyl (C=O) groups excluding carboxylic acids is 1. The minimum absolute atomic E-state index is 0.210. The lowest BCUT2D eigenvalue weighted by Gasteiger charge is -2.22. The van der Waals surface area contributed by atoms with Crippen LogP contribution in [0.5, 0.6) is 5.75 Å². The van der Waals surface area contributed by atoms with Crippen LogP contribution in [0.1, 0.15) is 47.6 Å². The van der Waals surface area contributed by atoms with Gasteiger partial charge in [-0.3, -0.25) is 4.79 Å². The van der Waals surface area contributed by atoms with Crippen LogP contribution in [0.3, 0.4) is 0 Å². The fourth-order valence-electron chi connectivity index (χ4n) is 3.80. The number of nitrogens with zero attached hydrogens (tertiary/aromatic N) is 1. The zero-order chi connectivity index (χ0) is 19.7. The number of rotatable bonds is 5. The number of carbonyl (C=O) groups is 1. The van der Waals surface area contributed by atoms with Gasteiger partial charge < -0.3 is 15.8 Å². The first-order valence-corrected chi connectivity index (χ1v) is 10.7. The first kappa shape index (κ1) is 18.7. The van der Waals surface area contributed by atoms with Gasteiger partial charge in [-0.2, -0.15) is 0 Å². The van der Waals surface area contributed by atoms with Crippen molar-refractivity contribution < 1.29 is 9.53 Å². The van der Waals surface area contributed by atoms with E-state index in [0.717, 1.165) is 34.5 Å². The molecule has 1 atom stereocenters. The summed E-state index contributed by atoms with van der Waals surface area (Å²) in [6.07, 6.45) is 4.43. The van der Waals surface area contributed by atoms with Crippen LogP contribution in [0.25, 0.3) is 10.2 Å². The standard InChI is InChI=1S/C22H25N3O2S/c1-3-13-8-9-18-14(10-13)11-17-19(23)20(28-22(17)25-18)21(26)24-15-6-5-7-16(12-15)27-4-2/h5-7,11-13H,3-4,8-10,23H2,1-2H3,(H,24,26). The molecular weight excluding hydrogens is 370 g/mol. The molecule has 0 saturated heterocycles. The summed E-state index contributed by atoms with van der Waals surface area (Å²) >= 11 is 1.37. The average Bonchev–Trinajstić information content (AvgIpc) is 3.02. The maximum Gasteiger partial charge on any atom is 0.267 e. The minimum atomic E-state index is -0.210. The van der Waals surface area contributed by atoms with E-state index in [1.165, 1.54) is 29.7 Å². The molecule has 1 aromatic carbocycles. The number of anilines is 2. The van der Waals surface area contributed by atoms with E-state index >= 15 is 0 Å².